The molecule has 1 aromatic carbocycles. The summed E-state index contributed by atoms with van der Waals surface area (Å²) in [7, 11) is 1.49. The molecule has 108 valence electrons. The zero-order valence-corrected chi connectivity index (χ0v) is 13.0. The van der Waals surface area contributed by atoms with E-state index in [1.165, 1.54) is 31.5 Å². The van der Waals surface area contributed by atoms with E-state index in [9.17, 15) is 14.9 Å². The fraction of sp³-hybridized carbons (Fsp3) is 0.0769. The van der Waals surface area contributed by atoms with Crippen LogP contribution in [0.3, 0.4) is 0 Å². The van der Waals surface area contributed by atoms with Crippen LogP contribution < -0.4 is 10.1 Å². The van der Waals surface area contributed by atoms with E-state index in [1.54, 1.807) is 12.1 Å². The maximum absolute atomic E-state index is 12.2. The zero-order valence-electron chi connectivity index (χ0n) is 10.9. The predicted octanol–water partition coefficient (Wildman–Crippen LogP) is 2.86. The van der Waals surface area contributed by atoms with Crippen LogP contribution in [-0.4, -0.2) is 22.9 Å². The number of halogens is 1. The number of non-ortho nitro benzene ring substituents is 1. The van der Waals surface area contributed by atoms with Crippen molar-refractivity contribution in [2.24, 2.45) is 0 Å². The van der Waals surface area contributed by atoms with Crippen LogP contribution in [-0.2, 0) is 0 Å². The van der Waals surface area contributed by atoms with Gasteiger partial charge in [0, 0.05) is 21.8 Å². The van der Waals surface area contributed by atoms with E-state index < -0.39 is 10.8 Å². The van der Waals surface area contributed by atoms with E-state index in [1.807, 2.05) is 22.6 Å². The molecule has 1 N–H and O–H groups in total. The van der Waals surface area contributed by atoms with Gasteiger partial charge in [-0.05, 0) is 34.7 Å². The molecule has 7 nitrogen and oxygen atoms in total. The molecule has 1 aromatic heterocycles. The van der Waals surface area contributed by atoms with Crippen LogP contribution in [0.1, 0.15) is 10.4 Å². The van der Waals surface area contributed by atoms with Crippen molar-refractivity contribution < 1.29 is 14.5 Å². The molecule has 21 heavy (non-hydrogen) atoms. The average Bonchev–Trinajstić information content (AvgIpc) is 2.48. The molecule has 0 aliphatic rings. The van der Waals surface area contributed by atoms with Crippen LogP contribution in [0.4, 0.5) is 11.4 Å². The highest BCUT2D eigenvalue weighted by Gasteiger charge is 2.15. The number of carbonyl (C=O) groups is 1. The second-order valence-corrected chi connectivity index (χ2v) is 5.13. The highest BCUT2D eigenvalue weighted by atomic mass is 127. The largest absolute Gasteiger partial charge is 0.481 e. The van der Waals surface area contributed by atoms with Crippen LogP contribution in [0, 0.1) is 13.7 Å². The molecule has 0 saturated carbocycles. The SMILES string of the molecule is COc1ccc(NC(=O)c2cc([N+](=O)[O-])ccc2I)cn1. The normalized spacial score (nSPS) is 10.0. The van der Waals surface area contributed by atoms with Gasteiger partial charge in [-0.2, -0.15) is 0 Å². The molecule has 0 aliphatic heterocycles. The van der Waals surface area contributed by atoms with Crippen LogP contribution in [0.5, 0.6) is 5.88 Å². The number of aromatic nitrogens is 1. The Balaban J connectivity index is 2.23. The first kappa shape index (κ1) is 15.2. The highest BCUT2D eigenvalue weighted by Crippen LogP contribution is 2.21. The number of nitrogens with zero attached hydrogens (tertiary/aromatic N) is 2. The number of amides is 1. The molecule has 0 aliphatic carbocycles. The van der Waals surface area contributed by atoms with Gasteiger partial charge < -0.3 is 10.1 Å². The summed E-state index contributed by atoms with van der Waals surface area (Å²) in [5, 5.41) is 13.4. The number of nitro groups is 1. The van der Waals surface area contributed by atoms with E-state index in [2.05, 4.69) is 10.3 Å². The number of nitro benzene ring substituents is 1. The standard InChI is InChI=1S/C13H10IN3O4/c1-21-12-5-2-8(7-15-12)16-13(18)10-6-9(17(19)20)3-4-11(10)14/h2-7H,1H3,(H,16,18). The molecule has 0 radical (unpaired) electrons. The Labute approximate surface area is 133 Å². The van der Waals surface area contributed by atoms with E-state index >= 15 is 0 Å². The van der Waals surface area contributed by atoms with Crippen molar-refractivity contribution in [3.63, 3.8) is 0 Å². The number of hydrogen-bond acceptors (Lipinski definition) is 5. The molecular weight excluding hydrogens is 389 g/mol. The number of nitrogens with one attached hydrogen (secondary N) is 1. The molecule has 0 saturated heterocycles. The van der Waals surface area contributed by atoms with Gasteiger partial charge in [0.15, 0.2) is 0 Å². The highest BCUT2D eigenvalue weighted by molar-refractivity contribution is 14.1. The van der Waals surface area contributed by atoms with Gasteiger partial charge in [0.05, 0.1) is 29.5 Å². The van der Waals surface area contributed by atoms with Gasteiger partial charge in [0.1, 0.15) is 0 Å². The van der Waals surface area contributed by atoms with E-state index in [0.717, 1.165) is 0 Å². The van der Waals surface area contributed by atoms with Crippen molar-refractivity contribution in [2.75, 3.05) is 12.4 Å². The molecule has 2 aromatic rings. The molecule has 0 bridgehead atoms. The Kier molecular flexibility index (Phi) is 4.68. The number of methoxy groups -OCH3 is 1. The van der Waals surface area contributed by atoms with Crippen LogP contribution in [0.15, 0.2) is 36.5 Å². The third-order valence-corrected chi connectivity index (χ3v) is 3.55. The second-order valence-electron chi connectivity index (χ2n) is 3.96. The van der Waals surface area contributed by atoms with Crippen molar-refractivity contribution >= 4 is 39.9 Å². The van der Waals surface area contributed by atoms with E-state index in [0.29, 0.717) is 15.1 Å². The topological polar surface area (TPSA) is 94.4 Å². The smallest absolute Gasteiger partial charge is 0.270 e. The molecule has 0 spiro atoms. The van der Waals surface area contributed by atoms with Gasteiger partial charge in [-0.3, -0.25) is 14.9 Å². The molecule has 1 heterocycles. The minimum atomic E-state index is -0.540. The van der Waals surface area contributed by atoms with E-state index in [-0.39, 0.29) is 11.3 Å². The van der Waals surface area contributed by atoms with Crippen molar-refractivity contribution in [2.45, 2.75) is 0 Å². The van der Waals surface area contributed by atoms with Crippen molar-refractivity contribution in [1.82, 2.24) is 4.98 Å². The van der Waals surface area contributed by atoms with Gasteiger partial charge in [-0.15, -0.1) is 0 Å². The lowest BCUT2D eigenvalue weighted by Gasteiger charge is -2.07. The number of ether oxygens (including phenoxy) is 1. The maximum atomic E-state index is 12.2. The monoisotopic (exact) mass is 399 g/mol. The number of hydrogen-bond donors (Lipinski definition) is 1. The minimum absolute atomic E-state index is 0.131. The molecule has 0 unspecified atom stereocenters. The number of carbonyl (C=O) groups excluding carboxylic acids is 1. The van der Waals surface area contributed by atoms with Crippen LogP contribution >= 0.6 is 22.6 Å². The fourth-order valence-electron chi connectivity index (χ4n) is 1.57. The summed E-state index contributed by atoms with van der Waals surface area (Å²) in [6, 6.07) is 7.36. The third kappa shape index (κ3) is 3.66. The lowest BCUT2D eigenvalue weighted by Crippen LogP contribution is -2.14. The summed E-state index contributed by atoms with van der Waals surface area (Å²) in [6.45, 7) is 0. The summed E-state index contributed by atoms with van der Waals surface area (Å²) in [5.41, 5.74) is 0.581. The van der Waals surface area contributed by atoms with Crippen molar-refractivity contribution in [1.29, 1.82) is 0 Å². The summed E-state index contributed by atoms with van der Waals surface area (Å²) in [5.74, 6) is -0.00649. The Hall–Kier alpha value is -2.23. The first-order valence-electron chi connectivity index (χ1n) is 5.76. The Morgan fingerprint density at radius 2 is 2.14 bits per heavy atom. The maximum Gasteiger partial charge on any atom is 0.270 e. The van der Waals surface area contributed by atoms with Crippen LogP contribution in [0.2, 0.25) is 0 Å². The average molecular weight is 399 g/mol. The summed E-state index contributed by atoms with van der Waals surface area (Å²) in [6.07, 6.45) is 1.45. The first-order valence-corrected chi connectivity index (χ1v) is 6.84. The molecule has 2 rings (SSSR count). The number of pyridine rings is 1. The minimum Gasteiger partial charge on any atom is -0.481 e. The van der Waals surface area contributed by atoms with Gasteiger partial charge in [0.25, 0.3) is 11.6 Å². The number of rotatable bonds is 4. The summed E-state index contributed by atoms with van der Waals surface area (Å²) >= 11 is 1.95. The predicted molar refractivity (Wildman–Crippen MR) is 84.6 cm³/mol. The number of anilines is 1. The lowest BCUT2D eigenvalue weighted by molar-refractivity contribution is -0.384. The molecule has 8 heteroatoms. The Morgan fingerprint density at radius 1 is 1.38 bits per heavy atom. The molecular formula is C13H10IN3O4. The lowest BCUT2D eigenvalue weighted by atomic mass is 10.2. The van der Waals surface area contributed by atoms with Gasteiger partial charge in [-0.1, -0.05) is 0 Å². The first-order chi connectivity index (χ1) is 10.0. The molecule has 0 atom stereocenters. The van der Waals surface area contributed by atoms with Crippen LogP contribution in [0.25, 0.3) is 0 Å². The number of benzene rings is 1. The van der Waals surface area contributed by atoms with Gasteiger partial charge in [0.2, 0.25) is 5.88 Å². The quantitative estimate of drug-likeness (QED) is 0.485. The van der Waals surface area contributed by atoms with Crippen molar-refractivity contribution in [3.8, 4) is 5.88 Å². The fourth-order valence-corrected chi connectivity index (χ4v) is 2.15. The molecule has 0 fully saturated rings. The zero-order chi connectivity index (χ0) is 15.4. The van der Waals surface area contributed by atoms with Gasteiger partial charge in [-0.25, -0.2) is 4.98 Å². The van der Waals surface area contributed by atoms with E-state index in [4.69, 9.17) is 4.74 Å². The second kappa shape index (κ2) is 6.48. The van der Waals surface area contributed by atoms with Gasteiger partial charge >= 0.3 is 0 Å². The van der Waals surface area contributed by atoms with Crippen molar-refractivity contribution in [3.05, 3.63) is 55.8 Å². The Morgan fingerprint density at radius 3 is 2.71 bits per heavy atom. The summed E-state index contributed by atoms with van der Waals surface area (Å²) < 4.78 is 5.54. The molecule has 1 amide bonds. The Bertz CT molecular complexity index is 688. The third-order valence-electron chi connectivity index (χ3n) is 2.61. The summed E-state index contributed by atoms with van der Waals surface area (Å²) in [4.78, 5) is 26.4.